The molecule has 4 N–H and O–H groups in total. The number of anilines is 1. The number of carboxylic acids is 1. The maximum absolute atomic E-state index is 13.5. The molecule has 0 spiro atoms. The summed E-state index contributed by atoms with van der Waals surface area (Å²) >= 11 is 0. The van der Waals surface area contributed by atoms with Gasteiger partial charge >= 0.3 is 12.1 Å². The van der Waals surface area contributed by atoms with Gasteiger partial charge in [-0.1, -0.05) is 50.2 Å². The quantitative estimate of drug-likeness (QED) is 0.184. The first-order valence-electron chi connectivity index (χ1n) is 16.4. The molecule has 2 saturated heterocycles. The van der Waals surface area contributed by atoms with Crippen LogP contribution in [0.5, 0.6) is 5.75 Å². The Morgan fingerprint density at radius 2 is 1.65 bits per heavy atom. The SMILES string of the molecule is COc1cccc(C(=O)N[C@H]2C[C@H]3CC[C@@H](C2)N3c2ccc(C(=O)NCc3ccccc3)cn2)c1CCCNC(C)C.O=C(O)C(F)(F)F. The second-order valence-electron chi connectivity index (χ2n) is 12.5. The highest BCUT2D eigenvalue weighted by atomic mass is 19.4. The van der Waals surface area contributed by atoms with Crippen LogP contribution in [0.2, 0.25) is 0 Å². The number of alkyl halides is 3. The number of pyridine rings is 1. The van der Waals surface area contributed by atoms with Gasteiger partial charge in [-0.25, -0.2) is 9.78 Å². The molecule has 0 unspecified atom stereocenters. The second-order valence-corrected chi connectivity index (χ2v) is 12.5. The molecule has 49 heavy (non-hydrogen) atoms. The van der Waals surface area contributed by atoms with E-state index in [2.05, 4.69) is 39.7 Å². The average molecular weight is 684 g/mol. The number of carbonyl (C=O) groups excluding carboxylic acids is 2. The Balaban J connectivity index is 0.000000698. The molecule has 3 aromatic rings. The van der Waals surface area contributed by atoms with Gasteiger partial charge in [0.25, 0.3) is 11.8 Å². The Bertz CT molecular complexity index is 1540. The van der Waals surface area contributed by atoms with Crippen LogP contribution in [0.1, 0.15) is 77.8 Å². The van der Waals surface area contributed by atoms with Gasteiger partial charge in [0, 0.05) is 48.0 Å². The van der Waals surface area contributed by atoms with E-state index in [1.54, 1.807) is 13.3 Å². The highest BCUT2D eigenvalue weighted by molar-refractivity contribution is 5.96. The van der Waals surface area contributed by atoms with E-state index in [9.17, 15) is 22.8 Å². The highest BCUT2D eigenvalue weighted by Gasteiger charge is 2.42. The lowest BCUT2D eigenvalue weighted by Crippen LogP contribution is -2.51. The summed E-state index contributed by atoms with van der Waals surface area (Å²) in [5.74, 6) is -1.24. The number of halogens is 3. The molecule has 1 aromatic heterocycles. The van der Waals surface area contributed by atoms with Crippen LogP contribution < -0.4 is 25.6 Å². The van der Waals surface area contributed by atoms with E-state index in [4.69, 9.17) is 14.6 Å². The molecule has 13 heteroatoms. The minimum absolute atomic E-state index is 0.0254. The van der Waals surface area contributed by atoms with E-state index < -0.39 is 12.1 Å². The second kappa shape index (κ2) is 17.1. The first kappa shape index (κ1) is 37.2. The third kappa shape index (κ3) is 10.4. The topological polar surface area (TPSA) is 133 Å². The summed E-state index contributed by atoms with van der Waals surface area (Å²) < 4.78 is 37.4. The molecule has 2 aliphatic heterocycles. The van der Waals surface area contributed by atoms with Gasteiger partial charge in [-0.2, -0.15) is 13.2 Å². The van der Waals surface area contributed by atoms with Gasteiger partial charge < -0.3 is 30.7 Å². The molecule has 264 valence electrons. The summed E-state index contributed by atoms with van der Waals surface area (Å²) in [5.41, 5.74) is 3.29. The van der Waals surface area contributed by atoms with Crippen molar-refractivity contribution in [2.45, 2.75) is 89.3 Å². The summed E-state index contributed by atoms with van der Waals surface area (Å²) in [4.78, 5) is 42.2. The van der Waals surface area contributed by atoms with Gasteiger partial charge in [0.2, 0.25) is 0 Å². The number of amides is 2. The summed E-state index contributed by atoms with van der Waals surface area (Å²) in [5, 5.41) is 16.9. The number of fused-ring (bicyclic) bond motifs is 2. The van der Waals surface area contributed by atoms with Crippen LogP contribution in [0.3, 0.4) is 0 Å². The molecule has 3 heterocycles. The van der Waals surface area contributed by atoms with E-state index in [0.717, 1.165) is 67.8 Å². The van der Waals surface area contributed by atoms with E-state index in [1.165, 1.54) is 0 Å². The van der Waals surface area contributed by atoms with Gasteiger partial charge in [-0.05, 0) is 74.9 Å². The van der Waals surface area contributed by atoms with Crippen LogP contribution in [-0.4, -0.2) is 71.9 Å². The lowest BCUT2D eigenvalue weighted by Gasteiger charge is -2.40. The lowest BCUT2D eigenvalue weighted by atomic mass is 9.95. The molecular weight excluding hydrogens is 639 g/mol. The Labute approximate surface area is 284 Å². The van der Waals surface area contributed by atoms with Crippen LogP contribution in [0, 0.1) is 0 Å². The zero-order chi connectivity index (χ0) is 35.6. The van der Waals surface area contributed by atoms with E-state index in [0.29, 0.717) is 35.8 Å². The minimum atomic E-state index is -5.08. The number of methoxy groups -OCH3 is 1. The molecule has 0 aliphatic carbocycles. The fourth-order valence-electron chi connectivity index (χ4n) is 6.37. The summed E-state index contributed by atoms with van der Waals surface area (Å²) in [6.07, 6.45) is 2.20. The standard InChI is InChI=1S/C34H43N5O3.C2HF3O2/c1-23(2)35-18-8-12-29-30(11-7-13-31(29)42-3)34(41)38-26-19-27-15-16-28(20-26)39(27)32-17-14-25(22-36-32)33(40)37-21-24-9-5-4-6-10-24;3-2(4,5)1(6)7/h4-7,9-11,13-14,17,22-23,26-28,35H,8,12,15-16,18-21H2,1-3H3,(H,37,40)(H,38,41);(H,6,7)/t26-,27+,28-;. The summed E-state index contributed by atoms with van der Waals surface area (Å²) in [6.45, 7) is 5.65. The minimum Gasteiger partial charge on any atom is -0.496 e. The van der Waals surface area contributed by atoms with Gasteiger partial charge in [0.15, 0.2) is 0 Å². The number of nitrogens with one attached hydrogen (secondary N) is 3. The van der Waals surface area contributed by atoms with Crippen molar-refractivity contribution < 1.29 is 37.4 Å². The molecule has 10 nitrogen and oxygen atoms in total. The normalized spacial score (nSPS) is 18.3. The molecule has 3 atom stereocenters. The third-order valence-electron chi connectivity index (χ3n) is 8.64. The molecule has 2 fully saturated rings. The predicted octanol–water partition coefficient (Wildman–Crippen LogP) is 5.51. The van der Waals surface area contributed by atoms with Crippen LogP contribution >= 0.6 is 0 Å². The number of hydrogen-bond donors (Lipinski definition) is 4. The van der Waals surface area contributed by atoms with Crippen molar-refractivity contribution in [2.24, 2.45) is 0 Å². The molecule has 2 bridgehead atoms. The first-order valence-corrected chi connectivity index (χ1v) is 16.4. The number of piperidine rings is 1. The number of carbonyl (C=O) groups is 3. The largest absolute Gasteiger partial charge is 0.496 e. The van der Waals surface area contributed by atoms with Crippen molar-refractivity contribution in [3.05, 3.63) is 89.1 Å². The molecule has 0 saturated carbocycles. The van der Waals surface area contributed by atoms with Crippen molar-refractivity contribution in [1.82, 2.24) is 20.9 Å². The zero-order valence-corrected chi connectivity index (χ0v) is 27.9. The smallest absolute Gasteiger partial charge is 0.490 e. The van der Waals surface area contributed by atoms with Gasteiger partial charge in [-0.3, -0.25) is 9.59 Å². The number of hydrogen-bond acceptors (Lipinski definition) is 7. The number of carboxylic acid groups (broad SMARTS) is 1. The Morgan fingerprint density at radius 3 is 2.22 bits per heavy atom. The maximum atomic E-state index is 13.5. The number of aromatic nitrogens is 1. The highest BCUT2D eigenvalue weighted by Crippen LogP contribution is 2.39. The number of rotatable bonds is 12. The molecule has 0 radical (unpaired) electrons. The lowest BCUT2D eigenvalue weighted by molar-refractivity contribution is -0.192. The molecule has 2 aromatic carbocycles. The Hall–Kier alpha value is -4.65. The van der Waals surface area contributed by atoms with Crippen molar-refractivity contribution in [1.29, 1.82) is 0 Å². The fourth-order valence-corrected chi connectivity index (χ4v) is 6.37. The van der Waals surface area contributed by atoms with E-state index in [1.807, 2.05) is 60.7 Å². The number of aliphatic carboxylic acids is 1. The van der Waals surface area contributed by atoms with Crippen LogP contribution in [0.15, 0.2) is 66.9 Å². The summed E-state index contributed by atoms with van der Waals surface area (Å²) in [7, 11) is 1.66. The Morgan fingerprint density at radius 1 is 0.980 bits per heavy atom. The van der Waals surface area contributed by atoms with E-state index in [-0.39, 0.29) is 17.9 Å². The third-order valence-corrected chi connectivity index (χ3v) is 8.64. The number of ether oxygens (including phenoxy) is 1. The molecular formula is C36H44F3N5O5. The predicted molar refractivity (Wildman–Crippen MR) is 180 cm³/mol. The van der Waals surface area contributed by atoms with Crippen LogP contribution in [0.4, 0.5) is 19.0 Å². The summed E-state index contributed by atoms with van der Waals surface area (Å²) in [6, 6.07) is 20.6. The van der Waals surface area contributed by atoms with Crippen LogP contribution in [0.25, 0.3) is 0 Å². The van der Waals surface area contributed by atoms with Gasteiger partial charge in [0.05, 0.1) is 12.7 Å². The molecule has 5 rings (SSSR count). The zero-order valence-electron chi connectivity index (χ0n) is 27.9. The van der Waals surface area contributed by atoms with Crippen molar-refractivity contribution in [3.8, 4) is 5.75 Å². The van der Waals surface area contributed by atoms with Crippen molar-refractivity contribution in [3.63, 3.8) is 0 Å². The number of benzene rings is 2. The Kier molecular flexibility index (Phi) is 13.0. The van der Waals surface area contributed by atoms with E-state index >= 15 is 0 Å². The van der Waals surface area contributed by atoms with Gasteiger partial charge in [0.1, 0.15) is 11.6 Å². The van der Waals surface area contributed by atoms with Crippen molar-refractivity contribution >= 4 is 23.6 Å². The monoisotopic (exact) mass is 683 g/mol. The molecule has 2 aliphatic rings. The molecule has 2 amide bonds. The van der Waals surface area contributed by atoms with Gasteiger partial charge in [-0.15, -0.1) is 0 Å². The first-order chi connectivity index (χ1) is 23.4. The van der Waals surface area contributed by atoms with Crippen LogP contribution in [-0.2, 0) is 17.8 Å². The maximum Gasteiger partial charge on any atom is 0.490 e. The fraction of sp³-hybridized carbons (Fsp3) is 0.444. The number of nitrogens with zero attached hydrogens (tertiary/aromatic N) is 2. The van der Waals surface area contributed by atoms with Crippen molar-refractivity contribution in [2.75, 3.05) is 18.6 Å². The average Bonchev–Trinajstić information content (AvgIpc) is 3.35.